The molecular formula is C58H94NO7P. The van der Waals surface area contributed by atoms with Gasteiger partial charge in [0.15, 0.2) is 0 Å². The minimum absolute atomic E-state index is 0.00221. The van der Waals surface area contributed by atoms with E-state index >= 15 is 0 Å². The van der Waals surface area contributed by atoms with Crippen LogP contribution in [0.2, 0.25) is 0 Å². The molecule has 0 aliphatic carbocycles. The van der Waals surface area contributed by atoms with Crippen molar-refractivity contribution >= 4 is 13.8 Å². The van der Waals surface area contributed by atoms with Crippen LogP contribution in [-0.2, 0) is 27.9 Å². The third-order valence-corrected chi connectivity index (χ3v) is 10.9. The summed E-state index contributed by atoms with van der Waals surface area (Å²) >= 11 is 0. The van der Waals surface area contributed by atoms with Crippen molar-refractivity contribution in [2.45, 2.75) is 161 Å². The van der Waals surface area contributed by atoms with Gasteiger partial charge in [0, 0.05) is 13.0 Å². The fraction of sp³-hybridized carbons (Fsp3) is 0.569. The maximum Gasteiger partial charge on any atom is 0.306 e. The molecule has 0 aromatic rings. The number of hydrogen-bond donors (Lipinski definition) is 0. The number of phosphoric acid groups is 1. The Labute approximate surface area is 410 Å². The molecule has 0 aliphatic rings. The van der Waals surface area contributed by atoms with Gasteiger partial charge in [0.05, 0.1) is 34.4 Å². The average molecular weight is 948 g/mol. The highest BCUT2D eigenvalue weighted by Gasteiger charge is 2.20. The first-order valence-electron chi connectivity index (χ1n) is 25.6. The van der Waals surface area contributed by atoms with E-state index in [2.05, 4.69) is 160 Å². The number of ether oxygens (including phenoxy) is 2. The predicted octanol–water partition coefficient (Wildman–Crippen LogP) is 15.4. The van der Waals surface area contributed by atoms with Crippen LogP contribution in [0.1, 0.15) is 155 Å². The van der Waals surface area contributed by atoms with Crippen molar-refractivity contribution < 1.29 is 37.3 Å². The SMILES string of the molecule is CC/C=C\C/C=C\C/C=C\C/C=C\C/C=C\C/C=C\C/C=C\CCCC(=O)OC(COCCCCCCCC/C=C\C/C=C\C/C=C\C/C=C\C/C=C\CC)COP(=O)([O-])OCC[N+](C)(C)C. The topological polar surface area (TPSA) is 94.1 Å². The zero-order valence-electron chi connectivity index (χ0n) is 42.8. The molecule has 0 amide bonds. The summed E-state index contributed by atoms with van der Waals surface area (Å²) in [5.74, 6) is -0.404. The standard InChI is InChI=1S/C58H94NO7P/c1-6-8-10-12-14-16-18-20-22-24-26-28-30-31-33-35-37-39-41-43-45-47-49-51-58(60)66-57(56-65-67(61,62)64-54-52-59(3,4)5)55-63-53-50-48-46-44-42-40-38-36-34-32-29-27-25-23-21-19-17-15-13-11-9-7-2/h8-11,14-17,20-23,26-29,31,33-34,36-37,39,43,45,57H,6-7,12-13,18-19,24-25,30,32,35,38,40-42,44,46-56H2,1-5H3/b10-8-,11-9-,16-14-,17-15-,22-20-,23-21-,28-26-,29-27-,33-31-,36-34-,39-37-,45-43-. The molecule has 0 aromatic carbocycles. The summed E-state index contributed by atoms with van der Waals surface area (Å²) in [5, 5.41) is 0. The molecule has 0 heterocycles. The van der Waals surface area contributed by atoms with E-state index < -0.39 is 19.9 Å². The largest absolute Gasteiger partial charge is 0.756 e. The molecular weight excluding hydrogens is 854 g/mol. The third-order valence-electron chi connectivity index (χ3n) is 9.89. The van der Waals surface area contributed by atoms with Gasteiger partial charge in [-0.05, 0) is 109 Å². The van der Waals surface area contributed by atoms with Crippen molar-refractivity contribution in [1.29, 1.82) is 0 Å². The van der Waals surface area contributed by atoms with Crippen molar-refractivity contribution in [2.75, 3.05) is 54.1 Å². The molecule has 0 aliphatic heterocycles. The van der Waals surface area contributed by atoms with Gasteiger partial charge in [-0.15, -0.1) is 0 Å². The smallest absolute Gasteiger partial charge is 0.306 e. The van der Waals surface area contributed by atoms with Crippen LogP contribution in [0.5, 0.6) is 0 Å². The fourth-order valence-electron chi connectivity index (χ4n) is 6.03. The number of carbonyl (C=O) groups is 1. The summed E-state index contributed by atoms with van der Waals surface area (Å²) < 4.78 is 34.6. The van der Waals surface area contributed by atoms with Crippen molar-refractivity contribution in [3.05, 3.63) is 146 Å². The zero-order chi connectivity index (χ0) is 49.0. The molecule has 9 heteroatoms. The highest BCUT2D eigenvalue weighted by molar-refractivity contribution is 7.45. The van der Waals surface area contributed by atoms with Gasteiger partial charge in [0.2, 0.25) is 0 Å². The van der Waals surface area contributed by atoms with E-state index in [-0.39, 0.29) is 26.2 Å². The lowest BCUT2D eigenvalue weighted by molar-refractivity contribution is -0.870. The van der Waals surface area contributed by atoms with Crippen molar-refractivity contribution in [1.82, 2.24) is 0 Å². The summed E-state index contributed by atoms with van der Waals surface area (Å²) in [5.41, 5.74) is 0. The number of rotatable bonds is 45. The Bertz CT molecular complexity index is 1570. The third kappa shape index (κ3) is 53.2. The van der Waals surface area contributed by atoms with Gasteiger partial charge >= 0.3 is 5.97 Å². The number of nitrogens with zero attached hydrogens (tertiary/aromatic N) is 1. The van der Waals surface area contributed by atoms with Gasteiger partial charge in [-0.2, -0.15) is 0 Å². The minimum atomic E-state index is -4.57. The van der Waals surface area contributed by atoms with E-state index in [1.807, 2.05) is 21.1 Å². The quantitative estimate of drug-likeness (QED) is 0.0197. The molecule has 0 fully saturated rings. The Balaban J connectivity index is 4.35. The molecule has 0 bridgehead atoms. The first-order valence-corrected chi connectivity index (χ1v) is 27.0. The monoisotopic (exact) mass is 948 g/mol. The van der Waals surface area contributed by atoms with E-state index in [1.165, 1.54) is 19.3 Å². The average Bonchev–Trinajstić information content (AvgIpc) is 3.29. The number of quaternary nitrogens is 1. The second-order valence-corrected chi connectivity index (χ2v) is 18.8. The van der Waals surface area contributed by atoms with E-state index in [4.69, 9.17) is 18.5 Å². The molecule has 0 saturated heterocycles. The van der Waals surface area contributed by atoms with Gasteiger partial charge in [-0.3, -0.25) is 9.36 Å². The summed E-state index contributed by atoms with van der Waals surface area (Å²) in [6.07, 6.45) is 73.1. The van der Waals surface area contributed by atoms with Crippen LogP contribution < -0.4 is 4.89 Å². The van der Waals surface area contributed by atoms with Gasteiger partial charge < -0.3 is 27.9 Å². The van der Waals surface area contributed by atoms with Crippen LogP contribution in [0.15, 0.2) is 146 Å². The molecule has 0 saturated carbocycles. The summed E-state index contributed by atoms with van der Waals surface area (Å²) in [6, 6.07) is 0. The number of hydrogen-bond acceptors (Lipinski definition) is 7. The van der Waals surface area contributed by atoms with E-state index in [1.54, 1.807) is 0 Å². The van der Waals surface area contributed by atoms with Crippen molar-refractivity contribution in [3.63, 3.8) is 0 Å². The molecule has 8 nitrogen and oxygen atoms in total. The Morgan fingerprint density at radius 2 is 0.821 bits per heavy atom. The molecule has 67 heavy (non-hydrogen) atoms. The molecule has 0 rings (SSSR count). The van der Waals surface area contributed by atoms with Gasteiger partial charge in [-0.1, -0.05) is 185 Å². The van der Waals surface area contributed by atoms with Crippen LogP contribution in [0.3, 0.4) is 0 Å². The van der Waals surface area contributed by atoms with Crippen LogP contribution in [0.4, 0.5) is 0 Å². The van der Waals surface area contributed by atoms with E-state index in [9.17, 15) is 14.3 Å². The first kappa shape index (κ1) is 63.4. The molecule has 0 radical (unpaired) electrons. The van der Waals surface area contributed by atoms with Gasteiger partial charge in [0.1, 0.15) is 19.3 Å². The highest BCUT2D eigenvalue weighted by atomic mass is 31.2. The number of phosphoric ester groups is 1. The second kappa shape index (κ2) is 48.8. The minimum Gasteiger partial charge on any atom is -0.756 e. The molecule has 0 spiro atoms. The predicted molar refractivity (Wildman–Crippen MR) is 286 cm³/mol. The van der Waals surface area contributed by atoms with E-state index in [0.717, 1.165) is 109 Å². The van der Waals surface area contributed by atoms with Crippen LogP contribution in [-0.4, -0.2) is 70.7 Å². The summed E-state index contributed by atoms with van der Waals surface area (Å²) in [7, 11) is 1.28. The normalized spacial score (nSPS) is 14.8. The molecule has 0 N–H and O–H groups in total. The highest BCUT2D eigenvalue weighted by Crippen LogP contribution is 2.38. The molecule has 378 valence electrons. The lowest BCUT2D eigenvalue weighted by Gasteiger charge is -2.28. The summed E-state index contributed by atoms with van der Waals surface area (Å²) in [6.45, 7) is 5.02. The van der Waals surface area contributed by atoms with Crippen molar-refractivity contribution in [3.8, 4) is 0 Å². The van der Waals surface area contributed by atoms with Gasteiger partial charge in [0.25, 0.3) is 7.82 Å². The van der Waals surface area contributed by atoms with Crippen molar-refractivity contribution in [2.24, 2.45) is 0 Å². The number of esters is 1. The first-order chi connectivity index (χ1) is 32.6. The number of likely N-dealkylation sites (N-methyl/N-ethyl adjacent to an activating group) is 1. The molecule has 2 atom stereocenters. The Morgan fingerprint density at radius 3 is 1.22 bits per heavy atom. The Kier molecular flexibility index (Phi) is 46.2. The van der Waals surface area contributed by atoms with Gasteiger partial charge in [-0.25, -0.2) is 0 Å². The Hall–Kier alpha value is -3.62. The van der Waals surface area contributed by atoms with Crippen LogP contribution >= 0.6 is 7.82 Å². The number of unbranched alkanes of at least 4 members (excludes halogenated alkanes) is 7. The Morgan fingerprint density at radius 1 is 0.463 bits per heavy atom. The van der Waals surface area contributed by atoms with Crippen LogP contribution in [0, 0.1) is 0 Å². The maximum absolute atomic E-state index is 12.7. The number of allylic oxidation sites excluding steroid dienone is 24. The summed E-state index contributed by atoms with van der Waals surface area (Å²) in [4.78, 5) is 25.2. The lowest BCUT2D eigenvalue weighted by atomic mass is 10.1. The zero-order valence-corrected chi connectivity index (χ0v) is 43.7. The van der Waals surface area contributed by atoms with E-state index in [0.29, 0.717) is 24.1 Å². The van der Waals surface area contributed by atoms with Crippen LogP contribution in [0.25, 0.3) is 0 Å². The fourth-order valence-corrected chi connectivity index (χ4v) is 6.76. The lowest BCUT2D eigenvalue weighted by Crippen LogP contribution is -2.37. The maximum atomic E-state index is 12.7. The molecule has 2 unspecified atom stereocenters. The second-order valence-electron chi connectivity index (χ2n) is 17.4. The molecule has 0 aromatic heterocycles. The number of carbonyl (C=O) groups excluding carboxylic acids is 1.